The van der Waals surface area contributed by atoms with Gasteiger partial charge in [0, 0.05) is 17.4 Å². The Morgan fingerprint density at radius 2 is 1.76 bits per heavy atom. The van der Waals surface area contributed by atoms with Crippen molar-refractivity contribution in [1.82, 2.24) is 4.98 Å². The molecule has 1 aromatic heterocycles. The lowest BCUT2D eigenvalue weighted by atomic mass is 10.1. The van der Waals surface area contributed by atoms with Gasteiger partial charge in [0.25, 0.3) is 0 Å². The highest BCUT2D eigenvalue weighted by atomic mass is 35.5. The summed E-state index contributed by atoms with van der Waals surface area (Å²) in [6, 6.07) is 11.3. The molecule has 17 heavy (non-hydrogen) atoms. The van der Waals surface area contributed by atoms with Crippen LogP contribution in [-0.4, -0.2) is 10.7 Å². The summed E-state index contributed by atoms with van der Waals surface area (Å²) in [6.45, 7) is 1.94. The molecule has 0 amide bonds. The Balaban J connectivity index is 2.10. The van der Waals surface area contributed by atoms with Crippen LogP contribution in [0.3, 0.4) is 0 Å². The fraction of sp³-hybridized carbons (Fsp3) is 0.0769. The number of halogens is 1. The lowest BCUT2D eigenvalue weighted by molar-refractivity contribution is 1.27. The molecular formula is C13H12ClN3. The van der Waals surface area contributed by atoms with Gasteiger partial charge in [-0.1, -0.05) is 23.7 Å². The minimum atomic E-state index is 0.726. The fourth-order valence-electron chi connectivity index (χ4n) is 1.33. The summed E-state index contributed by atoms with van der Waals surface area (Å²) in [4.78, 5) is 3.94. The molecule has 0 atom stereocenters. The quantitative estimate of drug-likeness (QED) is 0.663. The molecule has 0 bridgehead atoms. The highest BCUT2D eigenvalue weighted by Crippen LogP contribution is 2.11. The van der Waals surface area contributed by atoms with Gasteiger partial charge in [-0.3, -0.25) is 10.4 Å². The van der Waals surface area contributed by atoms with E-state index in [-0.39, 0.29) is 0 Å². The summed E-state index contributed by atoms with van der Waals surface area (Å²) < 4.78 is 0. The Bertz CT molecular complexity index is 506. The minimum Gasteiger partial charge on any atom is -0.278 e. The predicted octanol–water partition coefficient (Wildman–Crippen LogP) is 3.57. The van der Waals surface area contributed by atoms with Crippen LogP contribution in [0.1, 0.15) is 12.5 Å². The molecule has 0 aliphatic carbocycles. The highest BCUT2D eigenvalue weighted by molar-refractivity contribution is 6.30. The first-order valence-electron chi connectivity index (χ1n) is 5.22. The fourth-order valence-corrected chi connectivity index (χ4v) is 1.46. The van der Waals surface area contributed by atoms with Crippen LogP contribution in [0.5, 0.6) is 0 Å². The molecule has 1 aromatic carbocycles. The molecule has 86 valence electrons. The van der Waals surface area contributed by atoms with Crippen molar-refractivity contribution in [3.63, 3.8) is 0 Å². The molecule has 0 spiro atoms. The van der Waals surface area contributed by atoms with E-state index in [1.165, 1.54) is 0 Å². The average molecular weight is 246 g/mol. The van der Waals surface area contributed by atoms with Crippen molar-refractivity contribution in [3.05, 3.63) is 59.4 Å². The van der Waals surface area contributed by atoms with Crippen molar-refractivity contribution >= 4 is 23.0 Å². The van der Waals surface area contributed by atoms with Gasteiger partial charge < -0.3 is 0 Å². The van der Waals surface area contributed by atoms with Crippen LogP contribution < -0.4 is 5.43 Å². The highest BCUT2D eigenvalue weighted by Gasteiger charge is 1.97. The van der Waals surface area contributed by atoms with E-state index in [0.29, 0.717) is 0 Å². The van der Waals surface area contributed by atoms with Crippen LogP contribution in [0.15, 0.2) is 53.9 Å². The molecule has 1 N–H and O–H groups in total. The van der Waals surface area contributed by atoms with Crippen LogP contribution in [0.25, 0.3) is 0 Å². The standard InChI is InChI=1S/C13H12ClN3/c1-10(11-2-4-12(14)5-3-11)16-17-13-6-8-15-9-7-13/h2-9H,1H3,(H,15,17)/b16-10-. The van der Waals surface area contributed by atoms with E-state index in [0.717, 1.165) is 22.0 Å². The zero-order valence-electron chi connectivity index (χ0n) is 9.39. The molecule has 0 radical (unpaired) electrons. The number of anilines is 1. The van der Waals surface area contributed by atoms with Gasteiger partial charge >= 0.3 is 0 Å². The zero-order chi connectivity index (χ0) is 12.1. The van der Waals surface area contributed by atoms with Gasteiger partial charge in [0.05, 0.1) is 11.4 Å². The third-order valence-electron chi connectivity index (χ3n) is 2.30. The first-order chi connectivity index (χ1) is 8.25. The van der Waals surface area contributed by atoms with E-state index in [9.17, 15) is 0 Å². The number of hydrazone groups is 1. The average Bonchev–Trinajstić information content (AvgIpc) is 2.38. The molecular weight excluding hydrogens is 234 g/mol. The van der Waals surface area contributed by atoms with Gasteiger partial charge in [-0.05, 0) is 36.8 Å². The van der Waals surface area contributed by atoms with Crippen molar-refractivity contribution in [3.8, 4) is 0 Å². The third-order valence-corrected chi connectivity index (χ3v) is 2.55. The van der Waals surface area contributed by atoms with Crippen molar-refractivity contribution in [2.45, 2.75) is 6.92 Å². The molecule has 4 heteroatoms. The topological polar surface area (TPSA) is 37.3 Å². The Labute approximate surface area is 105 Å². The Hall–Kier alpha value is -1.87. The second-order valence-electron chi connectivity index (χ2n) is 3.55. The lowest BCUT2D eigenvalue weighted by Gasteiger charge is -2.03. The number of benzene rings is 1. The van der Waals surface area contributed by atoms with Gasteiger partial charge in [-0.25, -0.2) is 0 Å². The van der Waals surface area contributed by atoms with Gasteiger partial charge in [0.1, 0.15) is 0 Å². The lowest BCUT2D eigenvalue weighted by Crippen LogP contribution is -1.99. The van der Waals surface area contributed by atoms with Crippen LogP contribution >= 0.6 is 11.6 Å². The first kappa shape index (κ1) is 11.6. The maximum absolute atomic E-state index is 5.83. The molecule has 1 heterocycles. The second-order valence-corrected chi connectivity index (χ2v) is 3.99. The molecule has 3 nitrogen and oxygen atoms in total. The predicted molar refractivity (Wildman–Crippen MR) is 71.5 cm³/mol. The van der Waals surface area contributed by atoms with Gasteiger partial charge in [0.15, 0.2) is 0 Å². The van der Waals surface area contributed by atoms with E-state index in [4.69, 9.17) is 11.6 Å². The number of hydrogen-bond donors (Lipinski definition) is 1. The molecule has 2 rings (SSSR count). The van der Waals surface area contributed by atoms with Gasteiger partial charge in [-0.2, -0.15) is 5.10 Å². The normalized spacial score (nSPS) is 11.3. The Morgan fingerprint density at radius 1 is 1.12 bits per heavy atom. The summed E-state index contributed by atoms with van der Waals surface area (Å²) >= 11 is 5.83. The summed E-state index contributed by atoms with van der Waals surface area (Å²) in [5, 5.41) is 5.02. The Morgan fingerprint density at radius 3 is 2.41 bits per heavy atom. The van der Waals surface area contributed by atoms with Crippen molar-refractivity contribution in [1.29, 1.82) is 0 Å². The monoisotopic (exact) mass is 245 g/mol. The third kappa shape index (κ3) is 3.29. The molecule has 0 saturated carbocycles. The SMILES string of the molecule is C/C(=N/Nc1ccncc1)c1ccc(Cl)cc1. The van der Waals surface area contributed by atoms with Crippen LogP contribution in [0.2, 0.25) is 5.02 Å². The van der Waals surface area contributed by atoms with E-state index in [1.807, 2.05) is 43.3 Å². The van der Waals surface area contributed by atoms with Crippen LogP contribution in [0.4, 0.5) is 5.69 Å². The largest absolute Gasteiger partial charge is 0.278 e. The molecule has 0 aliphatic heterocycles. The van der Waals surface area contributed by atoms with Gasteiger partial charge in [0.2, 0.25) is 0 Å². The molecule has 0 saturated heterocycles. The van der Waals surface area contributed by atoms with E-state index < -0.39 is 0 Å². The number of pyridine rings is 1. The second kappa shape index (κ2) is 5.46. The van der Waals surface area contributed by atoms with Gasteiger partial charge in [-0.15, -0.1) is 0 Å². The minimum absolute atomic E-state index is 0.726. The summed E-state index contributed by atoms with van der Waals surface area (Å²) in [6.07, 6.45) is 3.44. The molecule has 2 aromatic rings. The summed E-state index contributed by atoms with van der Waals surface area (Å²) in [5.41, 5.74) is 5.82. The smallest absolute Gasteiger partial charge is 0.0648 e. The first-order valence-corrected chi connectivity index (χ1v) is 5.60. The van der Waals surface area contributed by atoms with E-state index in [2.05, 4.69) is 15.5 Å². The van der Waals surface area contributed by atoms with E-state index >= 15 is 0 Å². The number of nitrogens with zero attached hydrogens (tertiary/aromatic N) is 2. The summed E-state index contributed by atoms with van der Waals surface area (Å²) in [7, 11) is 0. The van der Waals surface area contributed by atoms with Crippen LogP contribution in [-0.2, 0) is 0 Å². The molecule has 0 aliphatic rings. The molecule has 0 unspecified atom stereocenters. The maximum Gasteiger partial charge on any atom is 0.0648 e. The van der Waals surface area contributed by atoms with Crippen molar-refractivity contribution in [2.24, 2.45) is 5.10 Å². The number of nitrogens with one attached hydrogen (secondary N) is 1. The number of aromatic nitrogens is 1. The Kier molecular flexibility index (Phi) is 3.73. The molecule has 0 fully saturated rings. The number of hydrogen-bond acceptors (Lipinski definition) is 3. The number of rotatable bonds is 3. The van der Waals surface area contributed by atoms with E-state index in [1.54, 1.807) is 12.4 Å². The summed E-state index contributed by atoms with van der Waals surface area (Å²) in [5.74, 6) is 0. The van der Waals surface area contributed by atoms with Crippen molar-refractivity contribution < 1.29 is 0 Å². The van der Waals surface area contributed by atoms with Crippen LogP contribution in [0, 0.1) is 0 Å². The van der Waals surface area contributed by atoms with Crippen molar-refractivity contribution in [2.75, 3.05) is 5.43 Å². The maximum atomic E-state index is 5.83. The zero-order valence-corrected chi connectivity index (χ0v) is 10.1.